The number of aryl methyl sites for hydroxylation is 2. The fourth-order valence-corrected chi connectivity index (χ4v) is 6.35. The third kappa shape index (κ3) is 4.99. The number of benzene rings is 2. The predicted molar refractivity (Wildman–Crippen MR) is 126 cm³/mol. The molecule has 0 bridgehead atoms. The minimum atomic E-state index is -3.74. The van der Waals surface area contributed by atoms with Crippen LogP contribution in [0.25, 0.3) is 0 Å². The van der Waals surface area contributed by atoms with Gasteiger partial charge < -0.3 is 15.0 Å². The van der Waals surface area contributed by atoms with Gasteiger partial charge in [-0.2, -0.15) is 4.31 Å². The second kappa shape index (κ2) is 9.69. The number of amides is 1. The highest BCUT2D eigenvalue weighted by molar-refractivity contribution is 7.89. The normalized spacial score (nSPS) is 16.9. The second-order valence-electron chi connectivity index (χ2n) is 8.66. The largest absolute Gasteiger partial charge is 0.495 e. The van der Waals surface area contributed by atoms with Gasteiger partial charge in [-0.15, -0.1) is 0 Å². The van der Waals surface area contributed by atoms with Crippen molar-refractivity contribution in [1.29, 1.82) is 0 Å². The van der Waals surface area contributed by atoms with E-state index in [1.807, 2.05) is 13.0 Å². The van der Waals surface area contributed by atoms with E-state index in [1.165, 1.54) is 23.5 Å². The molecule has 178 valence electrons. The van der Waals surface area contributed by atoms with E-state index in [0.29, 0.717) is 31.0 Å². The molecule has 1 N–H and O–H groups in total. The number of anilines is 2. The Bertz CT molecular complexity index is 1150. The van der Waals surface area contributed by atoms with Crippen LogP contribution in [-0.2, 0) is 21.2 Å². The van der Waals surface area contributed by atoms with Crippen molar-refractivity contribution < 1.29 is 22.3 Å². The van der Waals surface area contributed by atoms with Crippen molar-refractivity contribution >= 4 is 27.3 Å². The molecule has 2 aromatic carbocycles. The molecule has 1 fully saturated rings. The van der Waals surface area contributed by atoms with Crippen LogP contribution in [0, 0.1) is 12.7 Å². The quantitative estimate of drug-likeness (QED) is 0.689. The predicted octanol–water partition coefficient (Wildman–Crippen LogP) is 3.71. The molecule has 0 spiro atoms. The topological polar surface area (TPSA) is 79.0 Å². The zero-order chi connectivity index (χ0) is 23.6. The van der Waals surface area contributed by atoms with E-state index in [1.54, 1.807) is 17.0 Å². The van der Waals surface area contributed by atoms with Crippen LogP contribution in [0.5, 0.6) is 5.75 Å². The number of ether oxygens (including phenoxy) is 1. The number of fused-ring (bicyclic) bond motifs is 1. The first-order valence-electron chi connectivity index (χ1n) is 11.3. The van der Waals surface area contributed by atoms with Crippen LogP contribution in [0.15, 0.2) is 35.2 Å². The van der Waals surface area contributed by atoms with Crippen LogP contribution in [0.1, 0.15) is 36.8 Å². The lowest BCUT2D eigenvalue weighted by Crippen LogP contribution is -2.37. The fourth-order valence-electron chi connectivity index (χ4n) is 4.66. The number of hydrogen-bond acceptors (Lipinski definition) is 5. The first-order chi connectivity index (χ1) is 15.8. The van der Waals surface area contributed by atoms with Gasteiger partial charge in [-0.25, -0.2) is 12.8 Å². The Morgan fingerprint density at radius 1 is 1.09 bits per heavy atom. The third-order valence-electron chi connectivity index (χ3n) is 6.19. The molecule has 0 aromatic heterocycles. The van der Waals surface area contributed by atoms with Crippen LogP contribution in [0.3, 0.4) is 0 Å². The molecule has 7 nitrogen and oxygen atoms in total. The molecule has 9 heteroatoms. The monoisotopic (exact) mass is 475 g/mol. The number of hydrogen-bond donors (Lipinski definition) is 1. The van der Waals surface area contributed by atoms with Crippen LogP contribution in [0.4, 0.5) is 15.8 Å². The molecule has 1 amide bonds. The van der Waals surface area contributed by atoms with E-state index in [4.69, 9.17) is 4.74 Å². The number of nitrogens with one attached hydrogen (secondary N) is 1. The fraction of sp³-hybridized carbons (Fsp3) is 0.458. The summed E-state index contributed by atoms with van der Waals surface area (Å²) in [7, 11) is -2.32. The van der Waals surface area contributed by atoms with Crippen molar-refractivity contribution in [2.24, 2.45) is 0 Å². The van der Waals surface area contributed by atoms with Crippen molar-refractivity contribution in [3.63, 3.8) is 0 Å². The molecule has 0 atom stereocenters. The SMILES string of the molecule is COc1ccc(NC(=O)CN2CCCc3cc(C)cc(F)c32)cc1S(=O)(=O)N1CCCCC1. The summed E-state index contributed by atoms with van der Waals surface area (Å²) < 4.78 is 47.8. The van der Waals surface area contributed by atoms with Crippen molar-refractivity contribution in [2.75, 3.05) is 43.5 Å². The summed E-state index contributed by atoms with van der Waals surface area (Å²) in [5, 5.41) is 2.78. The number of carbonyl (C=O) groups is 1. The van der Waals surface area contributed by atoms with Crippen molar-refractivity contribution in [2.45, 2.75) is 43.9 Å². The zero-order valence-electron chi connectivity index (χ0n) is 19.1. The maximum atomic E-state index is 14.6. The van der Waals surface area contributed by atoms with Gasteiger partial charge in [0.2, 0.25) is 15.9 Å². The van der Waals surface area contributed by atoms with Gasteiger partial charge in [-0.3, -0.25) is 4.79 Å². The lowest BCUT2D eigenvalue weighted by Gasteiger charge is -2.31. The van der Waals surface area contributed by atoms with Crippen molar-refractivity contribution in [1.82, 2.24) is 4.31 Å². The Hall–Kier alpha value is -2.65. The lowest BCUT2D eigenvalue weighted by atomic mass is 9.99. The van der Waals surface area contributed by atoms with Gasteiger partial charge in [0.15, 0.2) is 0 Å². The first-order valence-corrected chi connectivity index (χ1v) is 12.8. The first kappa shape index (κ1) is 23.5. The standard InChI is InChI=1S/C24H30FN3O4S/c1-17-13-18-7-6-10-27(24(18)20(25)14-17)16-23(29)26-19-8-9-21(32-2)22(15-19)33(30,31)28-11-4-3-5-12-28/h8-9,13-15H,3-7,10-12,16H2,1-2H3,(H,26,29). The Balaban J connectivity index is 1.53. The van der Waals surface area contributed by atoms with Gasteiger partial charge in [0.1, 0.15) is 16.5 Å². The summed E-state index contributed by atoms with van der Waals surface area (Å²) in [5.74, 6) is -0.424. The highest BCUT2D eigenvalue weighted by Gasteiger charge is 2.29. The van der Waals surface area contributed by atoms with Gasteiger partial charge in [0, 0.05) is 25.3 Å². The van der Waals surface area contributed by atoms with E-state index in [-0.39, 0.29) is 28.9 Å². The summed E-state index contributed by atoms with van der Waals surface area (Å²) in [6.07, 6.45) is 4.28. The number of halogens is 1. The molecular weight excluding hydrogens is 445 g/mol. The number of methoxy groups -OCH3 is 1. The Kier molecular flexibility index (Phi) is 6.90. The van der Waals surface area contributed by atoms with Crippen LogP contribution in [0.2, 0.25) is 0 Å². The van der Waals surface area contributed by atoms with Gasteiger partial charge in [-0.05, 0) is 68.0 Å². The molecule has 1 saturated heterocycles. The lowest BCUT2D eigenvalue weighted by molar-refractivity contribution is -0.115. The summed E-state index contributed by atoms with van der Waals surface area (Å²) in [6, 6.07) is 8.04. The number of rotatable bonds is 6. The molecule has 0 unspecified atom stereocenters. The minimum Gasteiger partial charge on any atom is -0.495 e. The van der Waals surface area contributed by atoms with Gasteiger partial charge in [0.25, 0.3) is 0 Å². The van der Waals surface area contributed by atoms with E-state index in [0.717, 1.165) is 43.2 Å². The molecule has 2 aliphatic heterocycles. The van der Waals surface area contributed by atoms with Crippen molar-refractivity contribution in [3.05, 3.63) is 47.3 Å². The van der Waals surface area contributed by atoms with Crippen LogP contribution < -0.4 is 15.0 Å². The minimum absolute atomic E-state index is 0.0206. The average Bonchev–Trinajstić information content (AvgIpc) is 2.79. The summed E-state index contributed by atoms with van der Waals surface area (Å²) >= 11 is 0. The van der Waals surface area contributed by atoms with Crippen LogP contribution in [-0.4, -0.2) is 51.9 Å². The Morgan fingerprint density at radius 3 is 2.58 bits per heavy atom. The molecular formula is C24H30FN3O4S. The van der Waals surface area contributed by atoms with Crippen molar-refractivity contribution in [3.8, 4) is 5.75 Å². The second-order valence-corrected chi connectivity index (χ2v) is 10.6. The van der Waals surface area contributed by atoms with E-state index in [2.05, 4.69) is 5.32 Å². The van der Waals surface area contributed by atoms with Gasteiger partial charge in [0.05, 0.1) is 19.3 Å². The number of sulfonamides is 1. The molecule has 0 radical (unpaired) electrons. The molecule has 0 aliphatic carbocycles. The highest BCUT2D eigenvalue weighted by atomic mass is 32.2. The number of nitrogens with zero attached hydrogens (tertiary/aromatic N) is 2. The molecule has 33 heavy (non-hydrogen) atoms. The van der Waals surface area contributed by atoms with Gasteiger partial charge in [-0.1, -0.05) is 12.5 Å². The summed E-state index contributed by atoms with van der Waals surface area (Å²) in [4.78, 5) is 14.6. The molecule has 0 saturated carbocycles. The Labute approximate surface area is 194 Å². The molecule has 2 aliphatic rings. The van der Waals surface area contributed by atoms with E-state index < -0.39 is 10.0 Å². The zero-order valence-corrected chi connectivity index (χ0v) is 19.9. The number of piperidine rings is 1. The van der Waals surface area contributed by atoms with Crippen LogP contribution >= 0.6 is 0 Å². The maximum Gasteiger partial charge on any atom is 0.246 e. The van der Waals surface area contributed by atoms with Gasteiger partial charge >= 0.3 is 0 Å². The molecule has 2 aromatic rings. The molecule has 2 heterocycles. The average molecular weight is 476 g/mol. The highest BCUT2D eigenvalue weighted by Crippen LogP contribution is 2.33. The summed E-state index contributed by atoms with van der Waals surface area (Å²) in [5.41, 5.74) is 2.60. The number of carbonyl (C=O) groups excluding carboxylic acids is 1. The van der Waals surface area contributed by atoms with E-state index in [9.17, 15) is 17.6 Å². The molecule has 4 rings (SSSR count). The third-order valence-corrected chi connectivity index (χ3v) is 8.11. The maximum absolute atomic E-state index is 14.6. The van der Waals surface area contributed by atoms with E-state index >= 15 is 0 Å². The Morgan fingerprint density at radius 2 is 1.85 bits per heavy atom. The summed E-state index contributed by atoms with van der Waals surface area (Å²) in [6.45, 7) is 3.36. The smallest absolute Gasteiger partial charge is 0.246 e.